The monoisotopic (exact) mass is 363 g/mol. The first-order valence-electron chi connectivity index (χ1n) is 9.43. The topological polar surface area (TPSA) is 78.9 Å². The second-order valence-corrected chi connectivity index (χ2v) is 7.10. The van der Waals surface area contributed by atoms with Crippen LogP contribution < -0.4 is 5.73 Å². The Morgan fingerprint density at radius 1 is 1.11 bits per heavy atom. The number of aromatic nitrogens is 4. The summed E-state index contributed by atoms with van der Waals surface area (Å²) in [6, 6.07) is 16.2. The van der Waals surface area contributed by atoms with E-state index < -0.39 is 0 Å². The maximum atomic E-state index is 6.34. The largest absolute Gasteiger partial charge is 0.380 e. The van der Waals surface area contributed by atoms with Gasteiger partial charge in [-0.3, -0.25) is 4.98 Å². The Morgan fingerprint density at radius 3 is 2.63 bits per heavy atom. The molecule has 3 atom stereocenters. The number of hydrogen-bond acceptors (Lipinski definition) is 5. The first-order chi connectivity index (χ1) is 13.2. The summed E-state index contributed by atoms with van der Waals surface area (Å²) in [5, 5.41) is 4.79. The van der Waals surface area contributed by atoms with Gasteiger partial charge in [0, 0.05) is 25.3 Å². The van der Waals surface area contributed by atoms with Gasteiger partial charge in [-0.25, -0.2) is 9.67 Å². The van der Waals surface area contributed by atoms with E-state index >= 15 is 0 Å². The van der Waals surface area contributed by atoms with Crippen molar-refractivity contribution in [2.45, 2.75) is 43.9 Å². The van der Waals surface area contributed by atoms with Gasteiger partial charge in [0.15, 0.2) is 5.82 Å². The van der Waals surface area contributed by atoms with Gasteiger partial charge >= 0.3 is 0 Å². The zero-order valence-electron chi connectivity index (χ0n) is 15.5. The second kappa shape index (κ2) is 7.98. The summed E-state index contributed by atoms with van der Waals surface area (Å²) in [6.45, 7) is 0.690. The minimum atomic E-state index is 0.0222. The highest BCUT2D eigenvalue weighted by Gasteiger charge is 2.32. The number of pyridine rings is 1. The van der Waals surface area contributed by atoms with Crippen molar-refractivity contribution in [2.75, 3.05) is 7.11 Å². The van der Waals surface area contributed by atoms with Gasteiger partial charge in [0.25, 0.3) is 0 Å². The summed E-state index contributed by atoms with van der Waals surface area (Å²) < 4.78 is 7.53. The van der Waals surface area contributed by atoms with Crippen LogP contribution in [0.3, 0.4) is 0 Å². The maximum Gasteiger partial charge on any atom is 0.200 e. The summed E-state index contributed by atoms with van der Waals surface area (Å²) >= 11 is 0. The van der Waals surface area contributed by atoms with Crippen molar-refractivity contribution in [1.29, 1.82) is 0 Å². The third-order valence-corrected chi connectivity index (χ3v) is 5.27. The number of benzene rings is 1. The molecule has 1 aliphatic carbocycles. The summed E-state index contributed by atoms with van der Waals surface area (Å²) in [4.78, 5) is 9.29. The van der Waals surface area contributed by atoms with Crippen molar-refractivity contribution in [3.8, 4) is 11.5 Å². The Bertz CT molecular complexity index is 865. The SMILES string of the molecule is CO[C@@H]1CC[C@H](c2nc(-c3ccccn3)nn2Cc2ccccc2)C[C@H]1N. The average molecular weight is 363 g/mol. The molecule has 2 heterocycles. The fraction of sp³-hybridized carbons (Fsp3) is 0.381. The molecule has 1 saturated carbocycles. The number of ether oxygens (including phenoxy) is 1. The molecule has 0 amide bonds. The molecule has 0 aliphatic heterocycles. The summed E-state index contributed by atoms with van der Waals surface area (Å²) in [7, 11) is 1.74. The molecule has 0 bridgehead atoms. The molecule has 1 fully saturated rings. The summed E-state index contributed by atoms with van der Waals surface area (Å²) in [6.07, 6.45) is 4.70. The molecule has 6 heteroatoms. The first-order valence-corrected chi connectivity index (χ1v) is 9.43. The zero-order chi connectivity index (χ0) is 18.6. The van der Waals surface area contributed by atoms with Gasteiger partial charge in [-0.15, -0.1) is 5.10 Å². The van der Waals surface area contributed by atoms with E-state index in [1.165, 1.54) is 5.56 Å². The third-order valence-electron chi connectivity index (χ3n) is 5.27. The molecule has 2 aromatic heterocycles. The molecule has 1 aromatic carbocycles. The molecule has 6 nitrogen and oxygen atoms in total. The highest BCUT2D eigenvalue weighted by atomic mass is 16.5. The minimum absolute atomic E-state index is 0.0222. The molecule has 3 aromatic rings. The van der Waals surface area contributed by atoms with Crippen molar-refractivity contribution in [1.82, 2.24) is 19.7 Å². The number of methoxy groups -OCH3 is 1. The van der Waals surface area contributed by atoms with Crippen LogP contribution in [0.5, 0.6) is 0 Å². The van der Waals surface area contributed by atoms with Gasteiger partial charge in [0.2, 0.25) is 0 Å². The van der Waals surface area contributed by atoms with E-state index in [4.69, 9.17) is 20.6 Å². The Balaban J connectivity index is 1.67. The highest BCUT2D eigenvalue weighted by molar-refractivity contribution is 5.48. The normalized spacial score (nSPS) is 22.7. The fourth-order valence-electron chi connectivity index (χ4n) is 3.84. The van der Waals surface area contributed by atoms with Gasteiger partial charge in [-0.05, 0) is 37.0 Å². The van der Waals surface area contributed by atoms with E-state index in [1.54, 1.807) is 13.3 Å². The molecule has 27 heavy (non-hydrogen) atoms. The van der Waals surface area contributed by atoms with E-state index in [0.717, 1.165) is 30.8 Å². The average Bonchev–Trinajstić information content (AvgIpc) is 3.13. The quantitative estimate of drug-likeness (QED) is 0.754. The number of rotatable bonds is 5. The molecule has 140 valence electrons. The van der Waals surface area contributed by atoms with E-state index in [-0.39, 0.29) is 18.1 Å². The number of hydrogen-bond donors (Lipinski definition) is 1. The lowest BCUT2D eigenvalue weighted by atomic mass is 9.83. The number of nitrogens with two attached hydrogens (primary N) is 1. The molecule has 1 aliphatic rings. The van der Waals surface area contributed by atoms with Crippen molar-refractivity contribution in [2.24, 2.45) is 5.73 Å². The predicted molar refractivity (Wildman–Crippen MR) is 104 cm³/mol. The minimum Gasteiger partial charge on any atom is -0.380 e. The standard InChI is InChI=1S/C21H25N5O/c1-27-19-11-10-16(13-17(19)22)21-24-20(18-9-5-6-12-23-18)25-26(21)14-15-7-3-2-4-8-15/h2-9,12,16-17,19H,10-11,13-14,22H2,1H3/t16-,17+,19+/m0/s1. The van der Waals surface area contributed by atoms with E-state index in [9.17, 15) is 0 Å². The van der Waals surface area contributed by atoms with Crippen molar-refractivity contribution in [3.05, 3.63) is 66.1 Å². The molecule has 2 N–H and O–H groups in total. The lowest BCUT2D eigenvalue weighted by Crippen LogP contribution is -2.41. The van der Waals surface area contributed by atoms with Crippen LogP contribution in [0.1, 0.15) is 36.6 Å². The van der Waals surface area contributed by atoms with Crippen LogP contribution in [0.2, 0.25) is 0 Å². The van der Waals surface area contributed by atoms with E-state index in [1.807, 2.05) is 41.1 Å². The van der Waals surface area contributed by atoms with Crippen LogP contribution in [0.25, 0.3) is 11.5 Å². The molecule has 4 rings (SSSR count). The van der Waals surface area contributed by atoms with E-state index in [2.05, 4.69) is 17.1 Å². The van der Waals surface area contributed by atoms with Gasteiger partial charge < -0.3 is 10.5 Å². The molecule has 0 saturated heterocycles. The van der Waals surface area contributed by atoms with Crippen LogP contribution in [-0.2, 0) is 11.3 Å². The van der Waals surface area contributed by atoms with Crippen LogP contribution in [0.4, 0.5) is 0 Å². The molecular formula is C21H25N5O. The van der Waals surface area contributed by atoms with Crippen LogP contribution >= 0.6 is 0 Å². The third kappa shape index (κ3) is 3.91. The Morgan fingerprint density at radius 2 is 1.93 bits per heavy atom. The zero-order valence-corrected chi connectivity index (χ0v) is 15.5. The predicted octanol–water partition coefficient (Wildman–Crippen LogP) is 3.00. The first kappa shape index (κ1) is 17.8. The maximum absolute atomic E-state index is 6.34. The second-order valence-electron chi connectivity index (χ2n) is 7.10. The van der Waals surface area contributed by atoms with Crippen molar-refractivity contribution >= 4 is 0 Å². The smallest absolute Gasteiger partial charge is 0.200 e. The Labute approximate surface area is 159 Å². The molecule has 0 unspecified atom stereocenters. The van der Waals surface area contributed by atoms with Crippen molar-refractivity contribution in [3.63, 3.8) is 0 Å². The Hall–Kier alpha value is -2.57. The van der Waals surface area contributed by atoms with Gasteiger partial charge in [-0.2, -0.15) is 0 Å². The van der Waals surface area contributed by atoms with Crippen LogP contribution in [-0.4, -0.2) is 39.0 Å². The summed E-state index contributed by atoms with van der Waals surface area (Å²) in [5.41, 5.74) is 8.34. The lowest BCUT2D eigenvalue weighted by Gasteiger charge is -2.32. The lowest BCUT2D eigenvalue weighted by molar-refractivity contribution is 0.0480. The highest BCUT2D eigenvalue weighted by Crippen LogP contribution is 2.33. The van der Waals surface area contributed by atoms with Crippen molar-refractivity contribution < 1.29 is 4.74 Å². The fourth-order valence-corrected chi connectivity index (χ4v) is 3.84. The van der Waals surface area contributed by atoms with Gasteiger partial charge in [0.1, 0.15) is 11.5 Å². The Kier molecular flexibility index (Phi) is 5.27. The van der Waals surface area contributed by atoms with Crippen LogP contribution in [0.15, 0.2) is 54.7 Å². The van der Waals surface area contributed by atoms with Gasteiger partial charge in [-0.1, -0.05) is 36.4 Å². The molecule has 0 spiro atoms. The number of nitrogens with zero attached hydrogens (tertiary/aromatic N) is 4. The van der Waals surface area contributed by atoms with Gasteiger partial charge in [0.05, 0.1) is 12.6 Å². The van der Waals surface area contributed by atoms with Crippen LogP contribution in [0, 0.1) is 0 Å². The molecular weight excluding hydrogens is 338 g/mol. The van der Waals surface area contributed by atoms with E-state index in [0.29, 0.717) is 12.4 Å². The molecule has 0 radical (unpaired) electrons. The summed E-state index contributed by atoms with van der Waals surface area (Å²) in [5.74, 6) is 1.94.